The molecule has 1 aliphatic rings. The van der Waals surface area contributed by atoms with E-state index < -0.39 is 47.7 Å². The maximum Gasteiger partial charge on any atom is 0.408 e. The van der Waals surface area contributed by atoms with Crippen molar-refractivity contribution in [2.45, 2.75) is 78.2 Å². The number of alkyl carbamates (subject to hydrolysis) is 1. The SMILES string of the molecule is CC(C)[C@H](NC(=O)OC(C)(C)C)C(=O)N1CCC(C(=O)N[C@H](C(=O)[O-])[C@H](C)O)CC1. The summed E-state index contributed by atoms with van der Waals surface area (Å²) in [4.78, 5) is 49.9. The Hall–Kier alpha value is -2.36. The summed E-state index contributed by atoms with van der Waals surface area (Å²) in [5, 5.41) is 25.4. The van der Waals surface area contributed by atoms with E-state index in [1.807, 2.05) is 13.8 Å². The topological polar surface area (TPSA) is 148 Å². The van der Waals surface area contributed by atoms with E-state index >= 15 is 0 Å². The number of aliphatic hydroxyl groups excluding tert-OH is 1. The van der Waals surface area contributed by atoms with Gasteiger partial charge < -0.3 is 35.3 Å². The molecule has 3 atom stereocenters. The Balaban J connectivity index is 2.67. The number of likely N-dealkylation sites (tertiary alicyclic amines) is 1. The molecule has 30 heavy (non-hydrogen) atoms. The summed E-state index contributed by atoms with van der Waals surface area (Å²) in [6.07, 6.45) is -1.27. The molecule has 10 nitrogen and oxygen atoms in total. The van der Waals surface area contributed by atoms with Crippen molar-refractivity contribution >= 4 is 23.9 Å². The minimum atomic E-state index is -1.56. The number of hydrogen-bond donors (Lipinski definition) is 3. The fourth-order valence-corrected chi connectivity index (χ4v) is 3.15. The summed E-state index contributed by atoms with van der Waals surface area (Å²) in [6, 6.07) is -2.25. The number of piperidine rings is 1. The molecule has 0 unspecified atom stereocenters. The Kier molecular flexibility index (Phi) is 9.08. The number of carboxylic acids is 1. The number of rotatable bonds is 7. The molecule has 0 saturated carbocycles. The zero-order valence-corrected chi connectivity index (χ0v) is 18.6. The van der Waals surface area contributed by atoms with Gasteiger partial charge in [0.05, 0.1) is 18.1 Å². The molecule has 3 N–H and O–H groups in total. The summed E-state index contributed by atoms with van der Waals surface area (Å²) < 4.78 is 5.23. The van der Waals surface area contributed by atoms with Gasteiger partial charge in [0.15, 0.2) is 0 Å². The van der Waals surface area contributed by atoms with E-state index in [2.05, 4.69) is 10.6 Å². The fourth-order valence-electron chi connectivity index (χ4n) is 3.15. The van der Waals surface area contributed by atoms with Crippen LogP contribution in [-0.4, -0.2) is 70.8 Å². The van der Waals surface area contributed by atoms with Crippen LogP contribution in [0.1, 0.15) is 54.4 Å². The zero-order valence-electron chi connectivity index (χ0n) is 18.6. The van der Waals surface area contributed by atoms with Crippen molar-refractivity contribution in [2.75, 3.05) is 13.1 Å². The molecule has 0 spiro atoms. The van der Waals surface area contributed by atoms with Crippen LogP contribution in [0.25, 0.3) is 0 Å². The van der Waals surface area contributed by atoms with E-state index in [0.717, 1.165) is 0 Å². The van der Waals surface area contributed by atoms with E-state index in [-0.39, 0.29) is 11.8 Å². The quantitative estimate of drug-likeness (QED) is 0.490. The van der Waals surface area contributed by atoms with Gasteiger partial charge in [-0.3, -0.25) is 9.59 Å². The zero-order chi connectivity index (χ0) is 23.2. The van der Waals surface area contributed by atoms with Crippen LogP contribution in [0.2, 0.25) is 0 Å². The van der Waals surface area contributed by atoms with Crippen LogP contribution in [0, 0.1) is 11.8 Å². The van der Waals surface area contributed by atoms with Crippen molar-refractivity contribution in [1.82, 2.24) is 15.5 Å². The molecule has 172 valence electrons. The van der Waals surface area contributed by atoms with Gasteiger partial charge in [-0.05, 0) is 46.5 Å². The molecule has 0 bridgehead atoms. The summed E-state index contributed by atoms with van der Waals surface area (Å²) in [5.74, 6) is -2.96. The first-order chi connectivity index (χ1) is 13.7. The first-order valence-electron chi connectivity index (χ1n) is 10.2. The number of ether oxygens (including phenoxy) is 1. The molecule has 1 aliphatic heterocycles. The Morgan fingerprint density at radius 2 is 1.57 bits per heavy atom. The van der Waals surface area contributed by atoms with Crippen molar-refractivity contribution < 1.29 is 34.1 Å². The van der Waals surface area contributed by atoms with Crippen LogP contribution >= 0.6 is 0 Å². The number of carbonyl (C=O) groups excluding carboxylic acids is 4. The second kappa shape index (κ2) is 10.6. The van der Waals surface area contributed by atoms with Gasteiger partial charge in [-0.25, -0.2) is 4.79 Å². The normalized spacial score (nSPS) is 18.3. The third-order valence-corrected chi connectivity index (χ3v) is 4.82. The van der Waals surface area contributed by atoms with Gasteiger partial charge in [0.25, 0.3) is 0 Å². The van der Waals surface area contributed by atoms with E-state index in [1.165, 1.54) is 6.92 Å². The highest BCUT2D eigenvalue weighted by atomic mass is 16.6. The molecule has 0 aromatic carbocycles. The number of aliphatic carboxylic acids is 1. The highest BCUT2D eigenvalue weighted by Crippen LogP contribution is 2.20. The molecule has 1 rings (SSSR count). The number of carbonyl (C=O) groups is 4. The summed E-state index contributed by atoms with van der Waals surface area (Å²) >= 11 is 0. The predicted molar refractivity (Wildman–Crippen MR) is 106 cm³/mol. The second-order valence-corrected chi connectivity index (χ2v) is 9.01. The lowest BCUT2D eigenvalue weighted by atomic mass is 9.93. The van der Waals surface area contributed by atoms with Gasteiger partial charge in [-0.2, -0.15) is 0 Å². The van der Waals surface area contributed by atoms with Crippen LogP contribution in [-0.2, 0) is 19.1 Å². The Labute approximate surface area is 177 Å². The van der Waals surface area contributed by atoms with Crippen LogP contribution in [0.3, 0.4) is 0 Å². The van der Waals surface area contributed by atoms with Crippen molar-refractivity contribution in [3.05, 3.63) is 0 Å². The standard InChI is InChI=1S/C20H35N3O7/c1-11(2)14(22-19(29)30-20(4,5)6)17(26)23-9-7-13(8-10-23)16(25)21-15(12(3)24)18(27)28/h11-15,24H,7-10H2,1-6H3,(H,21,25)(H,22,29)(H,27,28)/p-1/t12-,14-,15-/m0/s1. The van der Waals surface area contributed by atoms with Gasteiger partial charge >= 0.3 is 6.09 Å². The lowest BCUT2D eigenvalue weighted by Crippen LogP contribution is -2.56. The maximum atomic E-state index is 12.9. The first-order valence-corrected chi connectivity index (χ1v) is 10.2. The van der Waals surface area contributed by atoms with E-state index in [1.54, 1.807) is 25.7 Å². The average molecular weight is 429 g/mol. The Morgan fingerprint density at radius 3 is 1.97 bits per heavy atom. The lowest BCUT2D eigenvalue weighted by molar-refractivity contribution is -0.310. The molecular weight excluding hydrogens is 394 g/mol. The van der Waals surface area contributed by atoms with Crippen molar-refractivity contribution in [3.63, 3.8) is 0 Å². The number of aliphatic hydroxyl groups is 1. The van der Waals surface area contributed by atoms with E-state index in [9.17, 15) is 29.4 Å². The molecule has 0 aromatic rings. The average Bonchev–Trinajstić information content (AvgIpc) is 2.61. The molecule has 3 amide bonds. The van der Waals surface area contributed by atoms with Crippen LogP contribution in [0.5, 0.6) is 0 Å². The number of amides is 3. The minimum absolute atomic E-state index is 0.166. The summed E-state index contributed by atoms with van der Waals surface area (Å²) in [5.41, 5.74) is -0.685. The predicted octanol–water partition coefficient (Wildman–Crippen LogP) is -0.610. The third kappa shape index (κ3) is 7.81. The molecule has 10 heteroatoms. The van der Waals surface area contributed by atoms with Crippen LogP contribution in [0.15, 0.2) is 0 Å². The molecule has 1 saturated heterocycles. The number of nitrogens with zero attached hydrogens (tertiary/aromatic N) is 1. The highest BCUT2D eigenvalue weighted by Gasteiger charge is 2.34. The summed E-state index contributed by atoms with van der Waals surface area (Å²) in [6.45, 7) is 10.7. The molecule has 0 aromatic heterocycles. The smallest absolute Gasteiger partial charge is 0.408 e. The highest BCUT2D eigenvalue weighted by molar-refractivity contribution is 5.87. The van der Waals surface area contributed by atoms with Crippen molar-refractivity contribution in [2.24, 2.45) is 11.8 Å². The molecular formula is C20H34N3O7-. The van der Waals surface area contributed by atoms with E-state index in [4.69, 9.17) is 4.74 Å². The van der Waals surface area contributed by atoms with Gasteiger partial charge in [0.1, 0.15) is 11.6 Å². The minimum Gasteiger partial charge on any atom is -0.548 e. The third-order valence-electron chi connectivity index (χ3n) is 4.82. The summed E-state index contributed by atoms with van der Waals surface area (Å²) in [7, 11) is 0. The fraction of sp³-hybridized carbons (Fsp3) is 0.800. The van der Waals surface area contributed by atoms with Crippen LogP contribution in [0.4, 0.5) is 4.79 Å². The van der Waals surface area contributed by atoms with Gasteiger partial charge in [0, 0.05) is 19.0 Å². The first kappa shape index (κ1) is 25.7. The second-order valence-electron chi connectivity index (χ2n) is 9.01. The molecule has 0 radical (unpaired) electrons. The molecule has 0 aliphatic carbocycles. The Morgan fingerprint density at radius 1 is 1.03 bits per heavy atom. The number of nitrogens with one attached hydrogen (secondary N) is 2. The van der Waals surface area contributed by atoms with Gasteiger partial charge in [-0.1, -0.05) is 13.8 Å². The number of hydrogen-bond acceptors (Lipinski definition) is 7. The van der Waals surface area contributed by atoms with Crippen molar-refractivity contribution in [1.29, 1.82) is 0 Å². The van der Waals surface area contributed by atoms with Crippen molar-refractivity contribution in [3.8, 4) is 0 Å². The Bertz CT molecular complexity index is 635. The lowest BCUT2D eigenvalue weighted by Gasteiger charge is -2.35. The largest absolute Gasteiger partial charge is 0.548 e. The van der Waals surface area contributed by atoms with Gasteiger partial charge in [-0.15, -0.1) is 0 Å². The van der Waals surface area contributed by atoms with E-state index in [0.29, 0.717) is 25.9 Å². The molecule has 1 heterocycles. The van der Waals surface area contributed by atoms with Gasteiger partial charge in [0.2, 0.25) is 11.8 Å². The molecule has 1 fully saturated rings. The number of carboxylic acid groups (broad SMARTS) is 1. The van der Waals surface area contributed by atoms with Crippen LogP contribution < -0.4 is 15.7 Å². The monoisotopic (exact) mass is 428 g/mol. The maximum absolute atomic E-state index is 12.9.